The van der Waals surface area contributed by atoms with Crippen LogP contribution in [0.3, 0.4) is 0 Å². The Morgan fingerprint density at radius 1 is 1.43 bits per heavy atom. The first-order valence-electron chi connectivity index (χ1n) is 6.85. The number of ether oxygens (including phenoxy) is 1. The van der Waals surface area contributed by atoms with E-state index in [2.05, 4.69) is 0 Å². The molecule has 1 aromatic carbocycles. The number of carbonyl (C=O) groups is 1. The third kappa shape index (κ3) is 2.90. The minimum atomic E-state index is -0.954. The van der Waals surface area contributed by atoms with E-state index in [1.165, 1.54) is 0 Å². The van der Waals surface area contributed by atoms with Crippen molar-refractivity contribution < 1.29 is 14.6 Å². The van der Waals surface area contributed by atoms with Crippen molar-refractivity contribution in [2.45, 2.75) is 27.3 Å². The van der Waals surface area contributed by atoms with Gasteiger partial charge in [0.25, 0.3) is 0 Å². The Labute approximate surface area is 128 Å². The van der Waals surface area contributed by atoms with Gasteiger partial charge in [0.15, 0.2) is 0 Å². The molecule has 1 aromatic heterocycles. The van der Waals surface area contributed by atoms with Crippen molar-refractivity contribution >= 4 is 34.5 Å². The molecule has 4 nitrogen and oxygen atoms in total. The van der Waals surface area contributed by atoms with Crippen LogP contribution in [0.5, 0.6) is 5.75 Å². The maximum absolute atomic E-state index is 11.1. The Hall–Kier alpha value is -1.94. The zero-order chi connectivity index (χ0) is 15.6. The summed E-state index contributed by atoms with van der Waals surface area (Å²) < 4.78 is 7.47. The summed E-state index contributed by atoms with van der Waals surface area (Å²) in [5.41, 5.74) is 1.93. The molecule has 0 aliphatic carbocycles. The second-order valence-electron chi connectivity index (χ2n) is 4.69. The van der Waals surface area contributed by atoms with Crippen LogP contribution in [-0.4, -0.2) is 22.2 Å². The summed E-state index contributed by atoms with van der Waals surface area (Å²) in [6.45, 7) is 6.76. The van der Waals surface area contributed by atoms with Gasteiger partial charge in [0, 0.05) is 23.1 Å². The van der Waals surface area contributed by atoms with E-state index in [1.54, 1.807) is 13.0 Å². The first kappa shape index (κ1) is 15.4. The molecule has 21 heavy (non-hydrogen) atoms. The summed E-state index contributed by atoms with van der Waals surface area (Å²) in [6, 6.07) is 5.74. The summed E-state index contributed by atoms with van der Waals surface area (Å²) in [4.78, 5) is 11.1. The van der Waals surface area contributed by atoms with Crippen LogP contribution in [0, 0.1) is 0 Å². The Balaban J connectivity index is 2.72. The van der Waals surface area contributed by atoms with Gasteiger partial charge in [-0.25, -0.2) is 4.79 Å². The minimum absolute atomic E-state index is 0.244. The zero-order valence-corrected chi connectivity index (χ0v) is 13.1. The largest absolute Gasteiger partial charge is 0.494 e. The van der Waals surface area contributed by atoms with Crippen molar-refractivity contribution in [1.29, 1.82) is 0 Å². The molecule has 0 saturated carbocycles. The number of hydrogen-bond donors (Lipinski definition) is 1. The third-order valence-electron chi connectivity index (χ3n) is 3.33. The molecule has 0 radical (unpaired) electrons. The van der Waals surface area contributed by atoms with Crippen LogP contribution in [0.2, 0.25) is 5.15 Å². The Morgan fingerprint density at radius 2 is 2.14 bits per heavy atom. The fraction of sp³-hybridized carbons (Fsp3) is 0.312. The summed E-state index contributed by atoms with van der Waals surface area (Å²) in [6.07, 6.45) is 1.61. The van der Waals surface area contributed by atoms with E-state index in [-0.39, 0.29) is 5.57 Å². The molecule has 0 aliphatic heterocycles. The normalized spacial score (nSPS) is 11.9. The van der Waals surface area contributed by atoms with Crippen LogP contribution < -0.4 is 4.74 Å². The van der Waals surface area contributed by atoms with Gasteiger partial charge in [-0.05, 0) is 45.0 Å². The monoisotopic (exact) mass is 307 g/mol. The maximum Gasteiger partial charge on any atom is 0.331 e. The van der Waals surface area contributed by atoms with E-state index >= 15 is 0 Å². The number of carboxylic acids is 1. The predicted molar refractivity (Wildman–Crippen MR) is 85.1 cm³/mol. The highest BCUT2D eigenvalue weighted by Crippen LogP contribution is 2.34. The quantitative estimate of drug-likeness (QED) is 0.842. The van der Waals surface area contributed by atoms with Crippen molar-refractivity contribution in [2.24, 2.45) is 0 Å². The van der Waals surface area contributed by atoms with Crippen molar-refractivity contribution in [1.82, 2.24) is 4.57 Å². The van der Waals surface area contributed by atoms with Gasteiger partial charge in [0.1, 0.15) is 10.9 Å². The molecule has 2 aromatic rings. The number of nitrogens with zero attached hydrogens (tertiary/aromatic N) is 1. The predicted octanol–water partition coefficient (Wildman–Crippen LogP) is 4.20. The average molecular weight is 308 g/mol. The number of aliphatic carboxylic acids is 1. The molecule has 0 aliphatic rings. The lowest BCUT2D eigenvalue weighted by atomic mass is 10.1. The Morgan fingerprint density at radius 3 is 2.71 bits per heavy atom. The van der Waals surface area contributed by atoms with E-state index < -0.39 is 5.97 Å². The SMILES string of the molecule is CCOc1ccc2c(c1)c(/C=C(\C)C(=O)O)c(Cl)n2CC. The number of carboxylic acid groups (broad SMARTS) is 1. The second kappa shape index (κ2) is 6.22. The fourth-order valence-corrected chi connectivity index (χ4v) is 2.68. The van der Waals surface area contributed by atoms with E-state index in [0.29, 0.717) is 18.3 Å². The van der Waals surface area contributed by atoms with Crippen LogP contribution in [0.4, 0.5) is 0 Å². The fourth-order valence-electron chi connectivity index (χ4n) is 2.31. The van der Waals surface area contributed by atoms with E-state index in [9.17, 15) is 4.79 Å². The summed E-state index contributed by atoms with van der Waals surface area (Å²) >= 11 is 6.42. The first-order valence-corrected chi connectivity index (χ1v) is 7.23. The summed E-state index contributed by atoms with van der Waals surface area (Å²) in [5.74, 6) is -0.207. The molecule has 2 rings (SSSR count). The van der Waals surface area contributed by atoms with Crippen LogP contribution in [-0.2, 0) is 11.3 Å². The van der Waals surface area contributed by atoms with Gasteiger partial charge in [0.05, 0.1) is 12.1 Å². The van der Waals surface area contributed by atoms with Crippen molar-refractivity contribution in [3.63, 3.8) is 0 Å². The molecule has 0 bridgehead atoms. The molecule has 0 unspecified atom stereocenters. The average Bonchev–Trinajstić information content (AvgIpc) is 2.71. The third-order valence-corrected chi connectivity index (χ3v) is 3.74. The van der Waals surface area contributed by atoms with Crippen LogP contribution >= 0.6 is 11.6 Å². The topological polar surface area (TPSA) is 51.5 Å². The van der Waals surface area contributed by atoms with E-state index in [4.69, 9.17) is 21.4 Å². The van der Waals surface area contributed by atoms with Crippen LogP contribution in [0.15, 0.2) is 23.8 Å². The van der Waals surface area contributed by atoms with Crippen LogP contribution in [0.1, 0.15) is 26.3 Å². The molecule has 0 saturated heterocycles. The number of aromatic nitrogens is 1. The lowest BCUT2D eigenvalue weighted by Gasteiger charge is -2.04. The van der Waals surface area contributed by atoms with Gasteiger partial charge in [-0.15, -0.1) is 0 Å². The van der Waals surface area contributed by atoms with Gasteiger partial charge < -0.3 is 14.4 Å². The molecule has 0 fully saturated rings. The van der Waals surface area contributed by atoms with Crippen molar-refractivity contribution in [3.8, 4) is 5.75 Å². The molecule has 0 amide bonds. The second-order valence-corrected chi connectivity index (χ2v) is 5.05. The molecular formula is C16H18ClNO3. The number of halogens is 1. The number of rotatable bonds is 5. The molecule has 1 N–H and O–H groups in total. The highest BCUT2D eigenvalue weighted by molar-refractivity contribution is 6.33. The highest BCUT2D eigenvalue weighted by Gasteiger charge is 2.15. The molecule has 0 spiro atoms. The van der Waals surface area contributed by atoms with Gasteiger partial charge in [0.2, 0.25) is 0 Å². The highest BCUT2D eigenvalue weighted by atomic mass is 35.5. The van der Waals surface area contributed by atoms with Gasteiger partial charge in [-0.2, -0.15) is 0 Å². The summed E-state index contributed by atoms with van der Waals surface area (Å²) in [5, 5.41) is 10.5. The minimum Gasteiger partial charge on any atom is -0.494 e. The molecule has 5 heteroatoms. The summed E-state index contributed by atoms with van der Waals surface area (Å²) in [7, 11) is 0. The lowest BCUT2D eigenvalue weighted by Crippen LogP contribution is -1.96. The van der Waals surface area contributed by atoms with Gasteiger partial charge in [-0.3, -0.25) is 0 Å². The number of aryl methyl sites for hydroxylation is 1. The smallest absolute Gasteiger partial charge is 0.331 e. The Bertz CT molecular complexity index is 716. The van der Waals surface area contributed by atoms with Gasteiger partial charge >= 0.3 is 5.97 Å². The molecule has 1 heterocycles. The van der Waals surface area contributed by atoms with E-state index in [0.717, 1.165) is 22.2 Å². The van der Waals surface area contributed by atoms with Crippen molar-refractivity contribution in [3.05, 3.63) is 34.5 Å². The van der Waals surface area contributed by atoms with Gasteiger partial charge in [-0.1, -0.05) is 11.6 Å². The molecule has 112 valence electrons. The number of hydrogen-bond acceptors (Lipinski definition) is 2. The maximum atomic E-state index is 11.1. The first-order chi connectivity index (χ1) is 9.99. The lowest BCUT2D eigenvalue weighted by molar-refractivity contribution is -0.132. The van der Waals surface area contributed by atoms with Crippen molar-refractivity contribution in [2.75, 3.05) is 6.61 Å². The number of benzene rings is 1. The molecule has 0 atom stereocenters. The zero-order valence-electron chi connectivity index (χ0n) is 12.3. The Kier molecular flexibility index (Phi) is 4.58. The van der Waals surface area contributed by atoms with Crippen LogP contribution in [0.25, 0.3) is 17.0 Å². The molecular weight excluding hydrogens is 290 g/mol. The van der Waals surface area contributed by atoms with E-state index in [1.807, 2.05) is 36.6 Å². The number of fused-ring (bicyclic) bond motifs is 1. The standard InChI is InChI=1S/C16H18ClNO3/c1-4-18-14-7-6-11(21-5-2)9-12(14)13(15(18)17)8-10(3)16(19)20/h6-9H,4-5H2,1-3H3,(H,19,20)/b10-8+.